The summed E-state index contributed by atoms with van der Waals surface area (Å²) in [5.41, 5.74) is 0. The van der Waals surface area contributed by atoms with E-state index < -0.39 is 0 Å². The molecule has 1 unspecified atom stereocenters. The highest BCUT2D eigenvalue weighted by Crippen LogP contribution is 2.07. The van der Waals surface area contributed by atoms with Gasteiger partial charge < -0.3 is 15.4 Å². The van der Waals surface area contributed by atoms with Gasteiger partial charge in [0.15, 0.2) is 0 Å². The number of ether oxygens (including phenoxy) is 1. The molecule has 9 heavy (non-hydrogen) atoms. The second kappa shape index (κ2) is 2.25. The topological polar surface area (TPSA) is 33.3 Å². The zero-order valence-electron chi connectivity index (χ0n) is 5.39. The monoisotopic (exact) mass is 128 g/mol. The van der Waals surface area contributed by atoms with E-state index in [0.29, 0.717) is 12.1 Å². The van der Waals surface area contributed by atoms with Crippen LogP contribution in [0, 0.1) is 0 Å². The van der Waals surface area contributed by atoms with Crippen LogP contribution in [0.4, 0.5) is 0 Å². The zero-order chi connectivity index (χ0) is 6.10. The fourth-order valence-electron chi connectivity index (χ4n) is 1.49. The Bertz CT molecular complexity index is 95.2. The average Bonchev–Trinajstić information content (AvgIpc) is 2.33. The van der Waals surface area contributed by atoms with Crippen molar-refractivity contribution in [2.24, 2.45) is 0 Å². The van der Waals surface area contributed by atoms with Crippen LogP contribution < -0.4 is 10.6 Å². The predicted octanol–water partition coefficient (Wildman–Crippen LogP) is -1.05. The minimum atomic E-state index is 0.443. The summed E-state index contributed by atoms with van der Waals surface area (Å²) >= 11 is 0. The molecule has 2 N–H and O–H groups in total. The van der Waals surface area contributed by atoms with Crippen LogP contribution >= 0.6 is 0 Å². The smallest absolute Gasteiger partial charge is 0.0865 e. The number of rotatable bonds is 0. The molecule has 52 valence electrons. The molecule has 3 nitrogen and oxygen atoms in total. The lowest BCUT2D eigenvalue weighted by molar-refractivity contribution is 0.0207. The van der Waals surface area contributed by atoms with E-state index in [1.807, 2.05) is 0 Å². The average molecular weight is 128 g/mol. The normalized spacial score (nSPS) is 42.7. The summed E-state index contributed by atoms with van der Waals surface area (Å²) in [6.07, 6.45) is 0.443. The maximum absolute atomic E-state index is 5.48. The van der Waals surface area contributed by atoms with Gasteiger partial charge in [-0.25, -0.2) is 0 Å². The predicted molar refractivity (Wildman–Crippen MR) is 34.4 cm³/mol. The van der Waals surface area contributed by atoms with Crippen LogP contribution in [-0.4, -0.2) is 38.4 Å². The van der Waals surface area contributed by atoms with Crippen molar-refractivity contribution in [2.75, 3.05) is 26.2 Å². The van der Waals surface area contributed by atoms with E-state index in [0.717, 1.165) is 26.2 Å². The number of fused-ring (bicyclic) bond motifs is 1. The van der Waals surface area contributed by atoms with Gasteiger partial charge in [0, 0.05) is 25.7 Å². The van der Waals surface area contributed by atoms with E-state index in [1.54, 1.807) is 0 Å². The molecular formula is C6H12N2O. The second-order valence-corrected chi connectivity index (χ2v) is 2.63. The molecule has 3 heteroatoms. The maximum atomic E-state index is 5.48. The molecule has 0 amide bonds. The van der Waals surface area contributed by atoms with Crippen molar-refractivity contribution in [1.82, 2.24) is 10.6 Å². The summed E-state index contributed by atoms with van der Waals surface area (Å²) in [6, 6.07) is 0.582. The molecule has 0 aromatic rings. The maximum Gasteiger partial charge on any atom is 0.0865 e. The number of morpholine rings is 1. The van der Waals surface area contributed by atoms with E-state index in [1.165, 1.54) is 0 Å². The molecule has 0 bridgehead atoms. The minimum Gasteiger partial charge on any atom is -0.374 e. The SMILES string of the molecule is C1COC2CNC[C@@H]2N1. The first-order valence-electron chi connectivity index (χ1n) is 3.52. The van der Waals surface area contributed by atoms with Crippen LogP contribution in [-0.2, 0) is 4.74 Å². The third-order valence-corrected chi connectivity index (χ3v) is 2.00. The largest absolute Gasteiger partial charge is 0.374 e. The summed E-state index contributed by atoms with van der Waals surface area (Å²) in [7, 11) is 0. The highest BCUT2D eigenvalue weighted by atomic mass is 16.5. The van der Waals surface area contributed by atoms with Crippen molar-refractivity contribution >= 4 is 0 Å². The van der Waals surface area contributed by atoms with Gasteiger partial charge in [0.1, 0.15) is 0 Å². The summed E-state index contributed by atoms with van der Waals surface area (Å²) in [5, 5.41) is 6.67. The molecule has 0 aliphatic carbocycles. The van der Waals surface area contributed by atoms with Gasteiger partial charge in [-0.15, -0.1) is 0 Å². The summed E-state index contributed by atoms with van der Waals surface area (Å²) in [4.78, 5) is 0. The van der Waals surface area contributed by atoms with E-state index in [9.17, 15) is 0 Å². The van der Waals surface area contributed by atoms with Gasteiger partial charge in [0.2, 0.25) is 0 Å². The van der Waals surface area contributed by atoms with Gasteiger partial charge in [-0.05, 0) is 0 Å². The highest BCUT2D eigenvalue weighted by molar-refractivity contribution is 4.89. The first-order valence-corrected chi connectivity index (χ1v) is 3.52. The summed E-state index contributed by atoms with van der Waals surface area (Å²) in [5.74, 6) is 0. The Balaban J connectivity index is 1.97. The van der Waals surface area contributed by atoms with Crippen molar-refractivity contribution in [3.05, 3.63) is 0 Å². The molecule has 0 aromatic carbocycles. The van der Waals surface area contributed by atoms with Crippen LogP contribution in [0.25, 0.3) is 0 Å². The van der Waals surface area contributed by atoms with Gasteiger partial charge in [-0.3, -0.25) is 0 Å². The van der Waals surface area contributed by atoms with Crippen LogP contribution in [0.5, 0.6) is 0 Å². The van der Waals surface area contributed by atoms with Gasteiger partial charge in [-0.1, -0.05) is 0 Å². The van der Waals surface area contributed by atoms with Crippen molar-refractivity contribution in [2.45, 2.75) is 12.1 Å². The third kappa shape index (κ3) is 0.956. The van der Waals surface area contributed by atoms with Gasteiger partial charge in [0.05, 0.1) is 12.7 Å². The van der Waals surface area contributed by atoms with Gasteiger partial charge in [0.25, 0.3) is 0 Å². The standard InChI is InChI=1S/C6H12N2O/c1-2-9-6-4-7-3-5(6)8-1/h5-8H,1-4H2/t5-,6?/m0/s1. The van der Waals surface area contributed by atoms with Crippen molar-refractivity contribution in [3.63, 3.8) is 0 Å². The molecular weight excluding hydrogens is 116 g/mol. The Morgan fingerprint density at radius 3 is 3.22 bits per heavy atom. The fraction of sp³-hybridized carbons (Fsp3) is 1.00. The second-order valence-electron chi connectivity index (χ2n) is 2.63. The zero-order valence-corrected chi connectivity index (χ0v) is 5.39. The van der Waals surface area contributed by atoms with E-state index in [-0.39, 0.29) is 0 Å². The Morgan fingerprint density at radius 1 is 1.33 bits per heavy atom. The number of hydrogen-bond donors (Lipinski definition) is 2. The first kappa shape index (κ1) is 5.65. The summed E-state index contributed by atoms with van der Waals surface area (Å²) in [6.45, 7) is 3.99. The number of hydrogen-bond acceptors (Lipinski definition) is 3. The molecule has 0 radical (unpaired) electrons. The Hall–Kier alpha value is -0.120. The lowest BCUT2D eigenvalue weighted by Gasteiger charge is -2.25. The fourth-order valence-corrected chi connectivity index (χ4v) is 1.49. The van der Waals surface area contributed by atoms with Crippen molar-refractivity contribution in [1.29, 1.82) is 0 Å². The molecule has 2 atom stereocenters. The van der Waals surface area contributed by atoms with Gasteiger partial charge in [-0.2, -0.15) is 0 Å². The molecule has 0 aromatic heterocycles. The van der Waals surface area contributed by atoms with Crippen LogP contribution in [0.1, 0.15) is 0 Å². The first-order chi connectivity index (χ1) is 4.47. The molecule has 2 saturated heterocycles. The van der Waals surface area contributed by atoms with E-state index in [4.69, 9.17) is 4.74 Å². The van der Waals surface area contributed by atoms with Crippen LogP contribution in [0.15, 0.2) is 0 Å². The molecule has 2 aliphatic rings. The quantitative estimate of drug-likeness (QED) is 0.436. The Labute approximate surface area is 54.8 Å². The van der Waals surface area contributed by atoms with Gasteiger partial charge >= 0.3 is 0 Å². The van der Waals surface area contributed by atoms with E-state index >= 15 is 0 Å². The number of nitrogens with one attached hydrogen (secondary N) is 2. The van der Waals surface area contributed by atoms with Crippen molar-refractivity contribution < 1.29 is 4.74 Å². The molecule has 2 fully saturated rings. The van der Waals surface area contributed by atoms with Crippen LogP contribution in [0.3, 0.4) is 0 Å². The Morgan fingerprint density at radius 2 is 2.33 bits per heavy atom. The lowest BCUT2D eigenvalue weighted by atomic mass is 10.2. The Kier molecular flexibility index (Phi) is 1.41. The molecule has 0 spiro atoms. The molecule has 2 rings (SSSR count). The van der Waals surface area contributed by atoms with Crippen LogP contribution in [0.2, 0.25) is 0 Å². The minimum absolute atomic E-state index is 0.443. The third-order valence-electron chi connectivity index (χ3n) is 2.00. The molecule has 2 aliphatic heterocycles. The molecule has 2 heterocycles. The van der Waals surface area contributed by atoms with E-state index in [2.05, 4.69) is 10.6 Å². The highest BCUT2D eigenvalue weighted by Gasteiger charge is 2.29. The summed E-state index contributed by atoms with van der Waals surface area (Å²) < 4.78 is 5.48. The molecule has 0 saturated carbocycles. The lowest BCUT2D eigenvalue weighted by Crippen LogP contribution is -2.47. The van der Waals surface area contributed by atoms with Crippen molar-refractivity contribution in [3.8, 4) is 0 Å².